The van der Waals surface area contributed by atoms with Crippen molar-refractivity contribution >= 4 is 27.4 Å². The molecular weight excluding hydrogens is 632 g/mol. The number of sulfonamides is 1. The third-order valence-electron chi connectivity index (χ3n) is 9.36. The third kappa shape index (κ3) is 8.40. The van der Waals surface area contributed by atoms with E-state index in [1.807, 2.05) is 0 Å². The van der Waals surface area contributed by atoms with Crippen molar-refractivity contribution in [3.8, 4) is 0 Å². The molecule has 0 aliphatic carbocycles. The van der Waals surface area contributed by atoms with Gasteiger partial charge in [0.25, 0.3) is 0 Å². The molecule has 0 saturated carbocycles. The zero-order valence-electron chi connectivity index (χ0n) is 25.8. The van der Waals surface area contributed by atoms with Crippen molar-refractivity contribution in [2.24, 2.45) is 11.7 Å². The van der Waals surface area contributed by atoms with E-state index < -0.39 is 39.7 Å². The monoisotopic (exact) mass is 673 g/mol. The Bertz CT molecular complexity index is 1590. The van der Waals surface area contributed by atoms with Crippen LogP contribution in [0.2, 0.25) is 5.02 Å². The minimum absolute atomic E-state index is 0.000435. The Hall–Kier alpha value is -2.73. The lowest BCUT2D eigenvalue weighted by Gasteiger charge is -2.35. The first-order valence-corrected chi connectivity index (χ1v) is 17.8. The van der Waals surface area contributed by atoms with Crippen LogP contribution in [0.1, 0.15) is 54.7 Å². The zero-order chi connectivity index (χ0) is 32.7. The Kier molecular flexibility index (Phi) is 12.0. The van der Waals surface area contributed by atoms with E-state index in [0.29, 0.717) is 68.3 Å². The second-order valence-electron chi connectivity index (χ2n) is 12.3. The number of halogens is 3. The van der Waals surface area contributed by atoms with Crippen molar-refractivity contribution in [3.63, 3.8) is 0 Å². The quantitative estimate of drug-likeness (QED) is 0.244. The smallest absolute Gasteiger partial charge is 0.243 e. The largest absolute Gasteiger partial charge is 0.381 e. The number of nitrogens with one attached hydrogen (secondary N) is 1. The maximum atomic E-state index is 15.3. The molecule has 0 radical (unpaired) electrons. The molecule has 3 N–H and O–H groups in total. The van der Waals surface area contributed by atoms with Gasteiger partial charge in [0, 0.05) is 51.2 Å². The number of carbonyl (C=O) groups excluding carboxylic acids is 1. The molecule has 0 bridgehead atoms. The molecule has 2 aliphatic heterocycles. The summed E-state index contributed by atoms with van der Waals surface area (Å²) in [5.41, 5.74) is 8.15. The zero-order valence-corrected chi connectivity index (χ0v) is 27.4. The second-order valence-corrected chi connectivity index (χ2v) is 14.6. The topological polar surface area (TPSA) is 102 Å². The first-order chi connectivity index (χ1) is 22.1. The van der Waals surface area contributed by atoms with E-state index in [-0.39, 0.29) is 28.5 Å². The molecule has 2 saturated heterocycles. The van der Waals surface area contributed by atoms with Gasteiger partial charge in [0.1, 0.15) is 11.6 Å². The average Bonchev–Trinajstić information content (AvgIpc) is 3.07. The van der Waals surface area contributed by atoms with E-state index >= 15 is 4.39 Å². The molecule has 0 unspecified atom stereocenters. The van der Waals surface area contributed by atoms with Gasteiger partial charge in [-0.1, -0.05) is 48.0 Å². The van der Waals surface area contributed by atoms with Crippen LogP contribution >= 0.6 is 11.6 Å². The van der Waals surface area contributed by atoms with Gasteiger partial charge in [-0.3, -0.25) is 4.79 Å². The number of ketones is 1. The predicted octanol–water partition coefficient (Wildman–Crippen LogP) is 5.64. The Labute approximate surface area is 275 Å². The third-order valence-corrected chi connectivity index (χ3v) is 11.6. The molecule has 0 spiro atoms. The van der Waals surface area contributed by atoms with Crippen molar-refractivity contribution in [1.82, 2.24) is 9.62 Å². The normalized spacial score (nSPS) is 19.5. The van der Waals surface area contributed by atoms with Crippen LogP contribution in [0.15, 0.2) is 71.6 Å². The molecule has 3 aromatic rings. The number of nitrogens with two attached hydrogens (primary N) is 1. The molecule has 2 aliphatic rings. The van der Waals surface area contributed by atoms with E-state index in [1.165, 1.54) is 22.5 Å². The summed E-state index contributed by atoms with van der Waals surface area (Å²) in [6.07, 6.45) is 3.79. The highest BCUT2D eigenvalue weighted by molar-refractivity contribution is 7.89. The van der Waals surface area contributed by atoms with Gasteiger partial charge < -0.3 is 15.8 Å². The molecule has 11 heteroatoms. The summed E-state index contributed by atoms with van der Waals surface area (Å²) in [5.74, 6) is -1.29. The number of rotatable bonds is 13. The molecule has 7 nitrogen and oxygen atoms in total. The highest BCUT2D eigenvalue weighted by atomic mass is 35.5. The lowest BCUT2D eigenvalue weighted by molar-refractivity contribution is -0.120. The molecule has 248 valence electrons. The van der Waals surface area contributed by atoms with Crippen molar-refractivity contribution in [2.45, 2.75) is 67.8 Å². The highest BCUT2D eigenvalue weighted by Crippen LogP contribution is 2.32. The van der Waals surface area contributed by atoms with E-state index in [2.05, 4.69) is 5.32 Å². The molecule has 0 aromatic heterocycles. The summed E-state index contributed by atoms with van der Waals surface area (Å²) in [7, 11) is -3.73. The maximum Gasteiger partial charge on any atom is 0.243 e. The van der Waals surface area contributed by atoms with Crippen LogP contribution in [-0.2, 0) is 32.4 Å². The van der Waals surface area contributed by atoms with E-state index in [1.54, 1.807) is 48.5 Å². The van der Waals surface area contributed by atoms with Gasteiger partial charge in [-0.25, -0.2) is 17.2 Å². The first kappa shape index (κ1) is 34.6. The standard InChI is InChI=1S/C35H42ClF2N3O4S/c36-31-14-10-26(21-33(31)38)30(12-9-24-15-19-45-20-16-24)35(39)34(42)22-25-5-4-8-32(37)29(25)13-11-27-23-40-17-18-41(27)46(43,44)28-6-2-1-3-7-28/h1-8,10,14,21,24,27,30,35,40H,9,11-13,15-20,22-23,39H2/t27-,30+,35-/m0/s1. The van der Waals surface area contributed by atoms with Crippen molar-refractivity contribution in [3.05, 3.63) is 100 Å². The number of piperazine rings is 1. The van der Waals surface area contributed by atoms with E-state index in [9.17, 15) is 17.6 Å². The van der Waals surface area contributed by atoms with Crippen LogP contribution < -0.4 is 11.1 Å². The lowest BCUT2D eigenvalue weighted by Crippen LogP contribution is -2.53. The maximum absolute atomic E-state index is 15.3. The summed E-state index contributed by atoms with van der Waals surface area (Å²) < 4.78 is 63.8. The molecule has 3 aromatic carbocycles. The Morgan fingerprint density at radius 3 is 2.52 bits per heavy atom. The minimum atomic E-state index is -3.73. The SMILES string of the molecule is N[C@H](C(=O)Cc1cccc(F)c1CC[C@H]1CNCCN1S(=O)(=O)c1ccccc1)[C@H](CCC1CCOCC1)c1ccc(Cl)c(F)c1. The van der Waals surface area contributed by atoms with Gasteiger partial charge >= 0.3 is 0 Å². The van der Waals surface area contributed by atoms with Crippen LogP contribution in [0, 0.1) is 17.6 Å². The van der Waals surface area contributed by atoms with Crippen LogP contribution in [0.25, 0.3) is 0 Å². The summed E-state index contributed by atoms with van der Waals surface area (Å²) in [4.78, 5) is 14.0. The summed E-state index contributed by atoms with van der Waals surface area (Å²) in [6, 6.07) is 16.2. The van der Waals surface area contributed by atoms with Gasteiger partial charge in [-0.2, -0.15) is 4.31 Å². The first-order valence-electron chi connectivity index (χ1n) is 16.0. The molecule has 5 rings (SSSR count). The van der Waals surface area contributed by atoms with Gasteiger partial charge in [0.15, 0.2) is 5.78 Å². The van der Waals surface area contributed by atoms with Crippen LogP contribution in [-0.4, -0.2) is 63.4 Å². The van der Waals surface area contributed by atoms with Gasteiger partial charge in [-0.15, -0.1) is 0 Å². The van der Waals surface area contributed by atoms with Crippen LogP contribution in [0.3, 0.4) is 0 Å². The number of nitrogens with zero attached hydrogens (tertiary/aromatic N) is 1. The van der Waals surface area contributed by atoms with Crippen LogP contribution in [0.5, 0.6) is 0 Å². The summed E-state index contributed by atoms with van der Waals surface area (Å²) >= 11 is 5.95. The Balaban J connectivity index is 1.32. The summed E-state index contributed by atoms with van der Waals surface area (Å²) in [5, 5.41) is 3.26. The highest BCUT2D eigenvalue weighted by Gasteiger charge is 2.34. The van der Waals surface area contributed by atoms with Crippen molar-refractivity contribution in [1.29, 1.82) is 0 Å². The molecule has 3 atom stereocenters. The number of hydrogen-bond donors (Lipinski definition) is 2. The second kappa shape index (κ2) is 15.9. The molecule has 0 amide bonds. The number of hydrogen-bond acceptors (Lipinski definition) is 6. The predicted molar refractivity (Wildman–Crippen MR) is 175 cm³/mol. The molecule has 2 heterocycles. The number of carbonyl (C=O) groups is 1. The van der Waals surface area contributed by atoms with Gasteiger partial charge in [0.2, 0.25) is 10.0 Å². The molecule has 46 heavy (non-hydrogen) atoms. The fourth-order valence-electron chi connectivity index (χ4n) is 6.67. The fraction of sp³-hybridized carbons (Fsp3) is 0.457. The molecule has 2 fully saturated rings. The molecular formula is C35H42ClF2N3O4S. The fourth-order valence-corrected chi connectivity index (χ4v) is 8.46. The number of benzene rings is 3. The lowest BCUT2D eigenvalue weighted by atomic mass is 9.81. The van der Waals surface area contributed by atoms with Crippen LogP contribution in [0.4, 0.5) is 8.78 Å². The average molecular weight is 674 g/mol. The van der Waals surface area contributed by atoms with Gasteiger partial charge in [0.05, 0.1) is 16.0 Å². The van der Waals surface area contributed by atoms with Crippen molar-refractivity contribution in [2.75, 3.05) is 32.8 Å². The van der Waals surface area contributed by atoms with Gasteiger partial charge in [-0.05, 0) is 91.5 Å². The number of ether oxygens (including phenoxy) is 1. The minimum Gasteiger partial charge on any atom is -0.381 e. The summed E-state index contributed by atoms with van der Waals surface area (Å²) in [6.45, 7) is 2.66. The number of Topliss-reactive ketones (excluding diaryl/α,β-unsaturated/α-hetero) is 1. The van der Waals surface area contributed by atoms with E-state index in [4.69, 9.17) is 22.1 Å². The Morgan fingerprint density at radius 2 is 1.78 bits per heavy atom. The van der Waals surface area contributed by atoms with Crippen molar-refractivity contribution < 1.29 is 26.7 Å². The Morgan fingerprint density at radius 1 is 1.02 bits per heavy atom. The van der Waals surface area contributed by atoms with E-state index in [0.717, 1.165) is 19.3 Å².